The lowest BCUT2D eigenvalue weighted by molar-refractivity contribution is -0.121. The molecule has 1 aromatic carbocycles. The van der Waals surface area contributed by atoms with Crippen LogP contribution in [-0.2, 0) is 17.6 Å². The van der Waals surface area contributed by atoms with Crippen molar-refractivity contribution >= 4 is 5.91 Å². The maximum absolute atomic E-state index is 11.5. The van der Waals surface area contributed by atoms with Gasteiger partial charge in [0.2, 0.25) is 5.91 Å². The van der Waals surface area contributed by atoms with Crippen molar-refractivity contribution in [1.82, 2.24) is 5.32 Å². The van der Waals surface area contributed by atoms with E-state index in [1.807, 2.05) is 19.9 Å². The Morgan fingerprint density at radius 3 is 2.44 bits per heavy atom. The first-order valence-corrected chi connectivity index (χ1v) is 5.99. The van der Waals surface area contributed by atoms with Gasteiger partial charge in [-0.25, -0.2) is 0 Å². The predicted molar refractivity (Wildman–Crippen MR) is 67.4 cm³/mol. The highest BCUT2D eigenvalue weighted by Crippen LogP contribution is 2.11. The zero-order valence-corrected chi connectivity index (χ0v) is 10.4. The third kappa shape index (κ3) is 4.05. The number of amides is 1. The molecule has 0 saturated heterocycles. The number of nitrogens with one attached hydrogen (secondary N) is 1. The topological polar surface area (TPSA) is 29.1 Å². The Morgan fingerprint density at radius 1 is 1.25 bits per heavy atom. The predicted octanol–water partition coefficient (Wildman–Crippen LogP) is 2.71. The van der Waals surface area contributed by atoms with E-state index in [4.69, 9.17) is 0 Å². The van der Waals surface area contributed by atoms with Gasteiger partial charge in [-0.1, -0.05) is 31.2 Å². The molecule has 0 radical (unpaired) electrons. The van der Waals surface area contributed by atoms with Gasteiger partial charge in [0.15, 0.2) is 0 Å². The van der Waals surface area contributed by atoms with E-state index < -0.39 is 0 Å². The average molecular weight is 219 g/mol. The molecule has 0 saturated carbocycles. The van der Waals surface area contributed by atoms with Crippen LogP contribution in [0.5, 0.6) is 0 Å². The highest BCUT2D eigenvalue weighted by atomic mass is 16.1. The first kappa shape index (κ1) is 12.8. The third-order valence-corrected chi connectivity index (χ3v) is 2.57. The first-order chi connectivity index (χ1) is 7.63. The van der Waals surface area contributed by atoms with E-state index in [1.165, 1.54) is 11.1 Å². The van der Waals surface area contributed by atoms with Gasteiger partial charge in [0.05, 0.1) is 0 Å². The molecule has 1 rings (SSSR count). The Bertz CT molecular complexity index is 344. The number of carbonyl (C=O) groups excluding carboxylic acids is 1. The Balaban J connectivity index is 2.51. The zero-order chi connectivity index (χ0) is 12.0. The summed E-state index contributed by atoms with van der Waals surface area (Å²) in [6.07, 6.45) is 2.44. The van der Waals surface area contributed by atoms with Crippen LogP contribution in [0.4, 0.5) is 0 Å². The molecule has 0 atom stereocenters. The summed E-state index contributed by atoms with van der Waals surface area (Å²) in [5, 5.41) is 2.91. The van der Waals surface area contributed by atoms with E-state index in [-0.39, 0.29) is 11.9 Å². The van der Waals surface area contributed by atoms with Gasteiger partial charge in [-0.15, -0.1) is 0 Å². The highest BCUT2D eigenvalue weighted by molar-refractivity contribution is 5.76. The van der Waals surface area contributed by atoms with E-state index in [0.717, 1.165) is 12.8 Å². The van der Waals surface area contributed by atoms with Crippen LogP contribution >= 0.6 is 0 Å². The van der Waals surface area contributed by atoms with Gasteiger partial charge in [-0.2, -0.15) is 0 Å². The first-order valence-electron chi connectivity index (χ1n) is 5.99. The van der Waals surface area contributed by atoms with Crippen molar-refractivity contribution in [2.45, 2.75) is 46.1 Å². The number of carbonyl (C=O) groups is 1. The molecule has 0 aliphatic carbocycles. The monoisotopic (exact) mass is 219 g/mol. The van der Waals surface area contributed by atoms with E-state index in [2.05, 4.69) is 30.4 Å². The number of benzene rings is 1. The van der Waals surface area contributed by atoms with Crippen LogP contribution in [0, 0.1) is 0 Å². The molecule has 0 fully saturated rings. The molecule has 0 heterocycles. The van der Waals surface area contributed by atoms with Crippen LogP contribution in [0.1, 0.15) is 38.3 Å². The standard InChI is InChI=1S/C14H21NO/c1-4-12-7-5-6-8-13(12)9-10-14(16)15-11(2)3/h5-8,11H,4,9-10H2,1-3H3,(H,15,16). The summed E-state index contributed by atoms with van der Waals surface area (Å²) >= 11 is 0. The second-order valence-electron chi connectivity index (χ2n) is 4.34. The fourth-order valence-corrected chi connectivity index (χ4v) is 1.79. The Labute approximate surface area is 98.1 Å². The molecular formula is C14H21NO. The van der Waals surface area contributed by atoms with Gasteiger partial charge < -0.3 is 5.32 Å². The van der Waals surface area contributed by atoms with Gasteiger partial charge in [0.25, 0.3) is 0 Å². The van der Waals surface area contributed by atoms with Crippen LogP contribution < -0.4 is 5.32 Å². The van der Waals surface area contributed by atoms with Crippen LogP contribution in [-0.4, -0.2) is 11.9 Å². The lowest BCUT2D eigenvalue weighted by Gasteiger charge is -2.10. The van der Waals surface area contributed by atoms with Gasteiger partial charge in [-0.05, 0) is 37.8 Å². The summed E-state index contributed by atoms with van der Waals surface area (Å²) in [6.45, 7) is 6.11. The van der Waals surface area contributed by atoms with Crippen LogP contribution in [0.25, 0.3) is 0 Å². The van der Waals surface area contributed by atoms with Crippen molar-refractivity contribution in [2.24, 2.45) is 0 Å². The molecule has 88 valence electrons. The summed E-state index contributed by atoms with van der Waals surface area (Å²) in [7, 11) is 0. The van der Waals surface area contributed by atoms with Crippen molar-refractivity contribution in [3.8, 4) is 0 Å². The van der Waals surface area contributed by atoms with Crippen molar-refractivity contribution in [2.75, 3.05) is 0 Å². The second kappa shape index (κ2) is 6.31. The molecular weight excluding hydrogens is 198 g/mol. The van der Waals surface area contributed by atoms with Gasteiger partial charge in [0.1, 0.15) is 0 Å². The summed E-state index contributed by atoms with van der Waals surface area (Å²) in [4.78, 5) is 11.5. The molecule has 1 N–H and O–H groups in total. The van der Waals surface area contributed by atoms with Crippen molar-refractivity contribution < 1.29 is 4.79 Å². The Morgan fingerprint density at radius 2 is 1.88 bits per heavy atom. The molecule has 0 unspecified atom stereocenters. The summed E-state index contributed by atoms with van der Waals surface area (Å²) in [5.74, 6) is 0.140. The fourth-order valence-electron chi connectivity index (χ4n) is 1.79. The molecule has 1 amide bonds. The smallest absolute Gasteiger partial charge is 0.220 e. The molecule has 0 aliphatic rings. The SMILES string of the molecule is CCc1ccccc1CCC(=O)NC(C)C. The number of rotatable bonds is 5. The zero-order valence-electron chi connectivity index (χ0n) is 10.4. The number of hydrogen-bond acceptors (Lipinski definition) is 1. The largest absolute Gasteiger partial charge is 0.354 e. The van der Waals surface area contributed by atoms with Crippen LogP contribution in [0.15, 0.2) is 24.3 Å². The maximum Gasteiger partial charge on any atom is 0.220 e. The molecule has 16 heavy (non-hydrogen) atoms. The van der Waals surface area contributed by atoms with Gasteiger partial charge in [0, 0.05) is 12.5 Å². The molecule has 0 aliphatic heterocycles. The molecule has 1 aromatic rings. The maximum atomic E-state index is 11.5. The third-order valence-electron chi connectivity index (χ3n) is 2.57. The average Bonchev–Trinajstić information content (AvgIpc) is 2.26. The van der Waals surface area contributed by atoms with E-state index in [1.54, 1.807) is 0 Å². The quantitative estimate of drug-likeness (QED) is 0.810. The number of hydrogen-bond donors (Lipinski definition) is 1. The molecule has 2 heteroatoms. The van der Waals surface area contributed by atoms with Crippen molar-refractivity contribution in [1.29, 1.82) is 0 Å². The minimum atomic E-state index is 0.140. The van der Waals surface area contributed by atoms with Crippen molar-refractivity contribution in [3.63, 3.8) is 0 Å². The highest BCUT2D eigenvalue weighted by Gasteiger charge is 2.05. The Kier molecular flexibility index (Phi) is 5.03. The van der Waals surface area contributed by atoms with E-state index in [0.29, 0.717) is 6.42 Å². The fraction of sp³-hybridized carbons (Fsp3) is 0.500. The summed E-state index contributed by atoms with van der Waals surface area (Å²) in [5.41, 5.74) is 2.64. The normalized spacial score (nSPS) is 10.5. The Hall–Kier alpha value is -1.31. The molecule has 2 nitrogen and oxygen atoms in total. The summed E-state index contributed by atoms with van der Waals surface area (Å²) in [6, 6.07) is 8.57. The molecule has 0 spiro atoms. The van der Waals surface area contributed by atoms with Gasteiger partial charge >= 0.3 is 0 Å². The second-order valence-corrected chi connectivity index (χ2v) is 4.34. The minimum absolute atomic E-state index is 0.140. The summed E-state index contributed by atoms with van der Waals surface area (Å²) < 4.78 is 0. The minimum Gasteiger partial charge on any atom is -0.354 e. The lowest BCUT2D eigenvalue weighted by atomic mass is 10.0. The van der Waals surface area contributed by atoms with Crippen molar-refractivity contribution in [3.05, 3.63) is 35.4 Å². The molecule has 0 aromatic heterocycles. The van der Waals surface area contributed by atoms with Gasteiger partial charge in [-0.3, -0.25) is 4.79 Å². The number of aryl methyl sites for hydroxylation is 2. The van der Waals surface area contributed by atoms with E-state index in [9.17, 15) is 4.79 Å². The van der Waals surface area contributed by atoms with Crippen LogP contribution in [0.3, 0.4) is 0 Å². The lowest BCUT2D eigenvalue weighted by Crippen LogP contribution is -2.30. The van der Waals surface area contributed by atoms with E-state index >= 15 is 0 Å². The van der Waals surface area contributed by atoms with Crippen LogP contribution in [0.2, 0.25) is 0 Å². The molecule has 0 bridgehead atoms.